The molecule has 1 aliphatic rings. The summed E-state index contributed by atoms with van der Waals surface area (Å²) in [5.74, 6) is -2.76. The molecule has 8 nitrogen and oxygen atoms in total. The Kier molecular flexibility index (Phi) is 6.12. The van der Waals surface area contributed by atoms with E-state index in [4.69, 9.17) is 9.90 Å². The van der Waals surface area contributed by atoms with Crippen molar-refractivity contribution in [2.24, 2.45) is 7.05 Å². The largest absolute Gasteiger partial charge is 0.490 e. The molecule has 0 radical (unpaired) electrons. The molecule has 0 aliphatic carbocycles. The summed E-state index contributed by atoms with van der Waals surface area (Å²) in [5.41, 5.74) is 1.93. The molecule has 0 spiro atoms. The number of halogens is 3. The lowest BCUT2D eigenvalue weighted by molar-refractivity contribution is -0.192. The normalized spacial score (nSPS) is 18.2. The van der Waals surface area contributed by atoms with E-state index in [9.17, 15) is 13.2 Å². The third kappa shape index (κ3) is 5.55. The van der Waals surface area contributed by atoms with Crippen molar-refractivity contribution >= 4 is 5.97 Å². The van der Waals surface area contributed by atoms with Gasteiger partial charge in [0.25, 0.3) is 0 Å². The molecular weight excluding hydrogens is 341 g/mol. The molecule has 3 rings (SSSR count). The van der Waals surface area contributed by atoms with Crippen LogP contribution in [0.1, 0.15) is 25.3 Å². The maximum Gasteiger partial charge on any atom is 0.490 e. The van der Waals surface area contributed by atoms with Crippen molar-refractivity contribution in [2.75, 3.05) is 13.1 Å². The third-order valence-electron chi connectivity index (χ3n) is 3.67. The number of rotatable bonds is 2. The molecule has 0 bridgehead atoms. The van der Waals surface area contributed by atoms with Crippen LogP contribution in [0, 0.1) is 0 Å². The smallest absolute Gasteiger partial charge is 0.475 e. The van der Waals surface area contributed by atoms with E-state index in [1.165, 1.54) is 12.8 Å². The molecule has 138 valence electrons. The Hall–Kier alpha value is -2.43. The average molecular weight is 360 g/mol. The summed E-state index contributed by atoms with van der Waals surface area (Å²) in [6.07, 6.45) is 4.23. The van der Waals surface area contributed by atoms with Crippen LogP contribution in [0.4, 0.5) is 13.2 Å². The molecule has 0 amide bonds. The first kappa shape index (κ1) is 18.9. The van der Waals surface area contributed by atoms with E-state index in [0.717, 1.165) is 30.8 Å². The highest BCUT2D eigenvalue weighted by molar-refractivity contribution is 5.73. The van der Waals surface area contributed by atoms with E-state index < -0.39 is 12.1 Å². The summed E-state index contributed by atoms with van der Waals surface area (Å²) in [4.78, 5) is 8.90. The van der Waals surface area contributed by atoms with Crippen LogP contribution in [-0.2, 0) is 11.8 Å². The number of carboxylic acid groups (broad SMARTS) is 1. The van der Waals surface area contributed by atoms with Crippen molar-refractivity contribution in [1.29, 1.82) is 0 Å². The van der Waals surface area contributed by atoms with Gasteiger partial charge in [-0.1, -0.05) is 5.21 Å². The summed E-state index contributed by atoms with van der Waals surface area (Å²) >= 11 is 0. The number of aryl methyl sites for hydroxylation is 1. The van der Waals surface area contributed by atoms with Gasteiger partial charge in [0.1, 0.15) is 5.69 Å². The highest BCUT2D eigenvalue weighted by atomic mass is 19.4. The lowest BCUT2D eigenvalue weighted by atomic mass is 10.1. The Morgan fingerprint density at radius 1 is 1.32 bits per heavy atom. The summed E-state index contributed by atoms with van der Waals surface area (Å²) in [5, 5.41) is 23.2. The van der Waals surface area contributed by atoms with E-state index in [2.05, 4.69) is 20.7 Å². The minimum absolute atomic E-state index is 0.470. The highest BCUT2D eigenvalue weighted by Gasteiger charge is 2.38. The maximum absolute atomic E-state index is 10.6. The second-order valence-electron chi connectivity index (χ2n) is 5.62. The Labute approximate surface area is 141 Å². The zero-order valence-electron chi connectivity index (χ0n) is 13.6. The number of aliphatic carboxylic acids is 1. The Balaban J connectivity index is 0.000000277. The van der Waals surface area contributed by atoms with Gasteiger partial charge in [0, 0.05) is 18.8 Å². The van der Waals surface area contributed by atoms with Gasteiger partial charge >= 0.3 is 12.1 Å². The number of carbonyl (C=O) groups is 1. The number of nitrogens with zero attached hydrogens (tertiary/aromatic N) is 5. The SMILES string of the molecule is Cn1cc(-c2cn(C3CCCNCC3)nn2)cn1.O=C(O)C(F)(F)F. The molecule has 0 aromatic carbocycles. The Morgan fingerprint density at radius 2 is 2.04 bits per heavy atom. The standard InChI is InChI=1S/C12H18N6.C2HF3O2/c1-17-8-10(7-14-17)12-9-18(16-15-12)11-3-2-5-13-6-4-11;3-2(4,5)1(6)7/h7-9,11,13H,2-6H2,1H3;(H,6,7). The van der Waals surface area contributed by atoms with Crippen LogP contribution in [-0.4, -0.2) is 55.1 Å². The predicted octanol–water partition coefficient (Wildman–Crippen LogP) is 1.63. The summed E-state index contributed by atoms with van der Waals surface area (Å²) in [7, 11) is 1.91. The highest BCUT2D eigenvalue weighted by Crippen LogP contribution is 2.21. The van der Waals surface area contributed by atoms with Gasteiger partial charge in [-0.2, -0.15) is 18.3 Å². The van der Waals surface area contributed by atoms with E-state index >= 15 is 0 Å². The zero-order valence-corrected chi connectivity index (χ0v) is 13.6. The fourth-order valence-corrected chi connectivity index (χ4v) is 2.41. The molecular formula is C14H19F3N6O2. The molecule has 0 saturated carbocycles. The second-order valence-corrected chi connectivity index (χ2v) is 5.62. The average Bonchev–Trinajstić information content (AvgIpc) is 3.09. The van der Waals surface area contributed by atoms with Gasteiger partial charge in [0.05, 0.1) is 18.4 Å². The molecule has 2 N–H and O–H groups in total. The topological polar surface area (TPSA) is 97.9 Å². The van der Waals surface area contributed by atoms with Crippen LogP contribution in [0.5, 0.6) is 0 Å². The summed E-state index contributed by atoms with van der Waals surface area (Å²) < 4.78 is 35.5. The van der Waals surface area contributed by atoms with Crippen molar-refractivity contribution in [3.05, 3.63) is 18.6 Å². The van der Waals surface area contributed by atoms with Gasteiger partial charge in [-0.3, -0.25) is 4.68 Å². The molecule has 25 heavy (non-hydrogen) atoms. The third-order valence-corrected chi connectivity index (χ3v) is 3.67. The van der Waals surface area contributed by atoms with Gasteiger partial charge in [0.2, 0.25) is 0 Å². The first-order valence-electron chi connectivity index (χ1n) is 7.69. The molecule has 1 fully saturated rings. The minimum atomic E-state index is -5.08. The first-order valence-corrected chi connectivity index (χ1v) is 7.69. The van der Waals surface area contributed by atoms with E-state index in [1.54, 1.807) is 4.68 Å². The number of hydrogen-bond donors (Lipinski definition) is 2. The molecule has 1 unspecified atom stereocenters. The van der Waals surface area contributed by atoms with Crippen LogP contribution < -0.4 is 5.32 Å². The first-order chi connectivity index (χ1) is 11.8. The molecule has 3 heterocycles. The predicted molar refractivity (Wildman–Crippen MR) is 81.7 cm³/mol. The van der Waals surface area contributed by atoms with Crippen molar-refractivity contribution < 1.29 is 23.1 Å². The van der Waals surface area contributed by atoms with Crippen molar-refractivity contribution in [3.8, 4) is 11.3 Å². The Bertz CT molecular complexity index is 689. The molecule has 1 saturated heterocycles. The van der Waals surface area contributed by atoms with Crippen molar-refractivity contribution in [1.82, 2.24) is 30.1 Å². The van der Waals surface area contributed by atoms with Crippen LogP contribution >= 0.6 is 0 Å². The van der Waals surface area contributed by atoms with Gasteiger partial charge in [-0.15, -0.1) is 5.10 Å². The van der Waals surface area contributed by atoms with Crippen molar-refractivity contribution in [2.45, 2.75) is 31.5 Å². The molecule has 11 heteroatoms. The lowest BCUT2D eigenvalue weighted by Gasteiger charge is -2.12. The second kappa shape index (κ2) is 8.10. The number of nitrogens with one attached hydrogen (secondary N) is 1. The van der Waals surface area contributed by atoms with Crippen LogP contribution in [0.3, 0.4) is 0 Å². The zero-order chi connectivity index (χ0) is 18.4. The van der Waals surface area contributed by atoms with Gasteiger partial charge < -0.3 is 10.4 Å². The Morgan fingerprint density at radius 3 is 2.64 bits per heavy atom. The minimum Gasteiger partial charge on any atom is -0.475 e. The van der Waals surface area contributed by atoms with Crippen LogP contribution in [0.2, 0.25) is 0 Å². The number of hydrogen-bond acceptors (Lipinski definition) is 5. The van der Waals surface area contributed by atoms with E-state index in [0.29, 0.717) is 6.04 Å². The monoisotopic (exact) mass is 360 g/mol. The number of carboxylic acids is 1. The molecule has 1 atom stereocenters. The number of alkyl halides is 3. The van der Waals surface area contributed by atoms with Gasteiger partial charge in [-0.05, 0) is 32.4 Å². The quantitative estimate of drug-likeness (QED) is 0.845. The summed E-state index contributed by atoms with van der Waals surface area (Å²) in [6, 6.07) is 0.470. The van der Waals surface area contributed by atoms with Crippen LogP contribution in [0.25, 0.3) is 11.3 Å². The van der Waals surface area contributed by atoms with E-state index in [-0.39, 0.29) is 0 Å². The fraction of sp³-hybridized carbons (Fsp3) is 0.571. The fourth-order valence-electron chi connectivity index (χ4n) is 2.41. The molecule has 2 aromatic heterocycles. The maximum atomic E-state index is 10.6. The van der Waals surface area contributed by atoms with Gasteiger partial charge in [-0.25, -0.2) is 9.48 Å². The lowest BCUT2D eigenvalue weighted by Crippen LogP contribution is -2.21. The van der Waals surface area contributed by atoms with E-state index in [1.807, 2.05) is 30.3 Å². The van der Waals surface area contributed by atoms with Crippen molar-refractivity contribution in [3.63, 3.8) is 0 Å². The molecule has 2 aromatic rings. The molecule has 1 aliphatic heterocycles. The summed E-state index contributed by atoms with van der Waals surface area (Å²) in [6.45, 7) is 2.17. The van der Waals surface area contributed by atoms with Crippen LogP contribution in [0.15, 0.2) is 18.6 Å². The number of aromatic nitrogens is 5. The van der Waals surface area contributed by atoms with Gasteiger partial charge in [0.15, 0.2) is 0 Å².